The van der Waals surface area contributed by atoms with Crippen LogP contribution in [0.5, 0.6) is 0 Å². The van der Waals surface area contributed by atoms with E-state index in [0.717, 1.165) is 21.7 Å². The molecule has 0 aliphatic carbocycles. The van der Waals surface area contributed by atoms with Crippen LogP contribution in [0.3, 0.4) is 0 Å². The Balaban J connectivity index is 1.42. The van der Waals surface area contributed by atoms with E-state index < -0.39 is 47.1 Å². The summed E-state index contributed by atoms with van der Waals surface area (Å²) in [4.78, 5) is 58.6. The number of aliphatic hydroxyl groups excluding tert-OH is 1. The molecule has 14 nitrogen and oxygen atoms in total. The average Bonchev–Trinajstić information content (AvgIpc) is 3.66. The van der Waals surface area contributed by atoms with Crippen molar-refractivity contribution in [2.75, 3.05) is 52.7 Å². The molecule has 4 atom stereocenters. The van der Waals surface area contributed by atoms with Gasteiger partial charge < -0.3 is 44.9 Å². The van der Waals surface area contributed by atoms with Crippen LogP contribution < -0.4 is 16.0 Å². The normalized spacial score (nSPS) is 17.5. The fourth-order valence-electron chi connectivity index (χ4n) is 5.36. The minimum atomic E-state index is -0.965. The monoisotopic (exact) mass is 733 g/mol. The number of aliphatic hydroxyl groups is 1. The summed E-state index contributed by atoms with van der Waals surface area (Å²) >= 11 is 1.57. The molecule has 1 fully saturated rings. The fourth-order valence-corrected chi connectivity index (χ4v) is 6.17. The third-order valence-corrected chi connectivity index (χ3v) is 8.93. The number of benzene rings is 1. The highest BCUT2D eigenvalue weighted by Gasteiger charge is 2.44. The predicted molar refractivity (Wildman–Crippen MR) is 193 cm³/mol. The van der Waals surface area contributed by atoms with Gasteiger partial charge in [-0.2, -0.15) is 0 Å². The molecule has 284 valence electrons. The Hall–Kier alpha value is -3.63. The maximum Gasteiger partial charge on any atom is 0.407 e. The highest BCUT2D eigenvalue weighted by atomic mass is 32.1. The van der Waals surface area contributed by atoms with Crippen molar-refractivity contribution in [1.82, 2.24) is 25.8 Å². The highest BCUT2D eigenvalue weighted by molar-refractivity contribution is 7.13. The molecular weight excluding hydrogens is 678 g/mol. The van der Waals surface area contributed by atoms with Gasteiger partial charge in [-0.3, -0.25) is 14.4 Å². The Morgan fingerprint density at radius 1 is 0.961 bits per heavy atom. The van der Waals surface area contributed by atoms with E-state index in [1.165, 1.54) is 4.90 Å². The second kappa shape index (κ2) is 19.3. The number of amides is 4. The van der Waals surface area contributed by atoms with Crippen molar-refractivity contribution < 1.29 is 43.2 Å². The lowest BCUT2D eigenvalue weighted by Crippen LogP contribution is -2.58. The number of alkyl carbamates (subject to hydrolysis) is 1. The van der Waals surface area contributed by atoms with Gasteiger partial charge in [0.25, 0.3) is 0 Å². The predicted octanol–water partition coefficient (Wildman–Crippen LogP) is 3.36. The molecule has 2 heterocycles. The van der Waals surface area contributed by atoms with Gasteiger partial charge in [-0.1, -0.05) is 45.0 Å². The number of carbonyl (C=O) groups is 4. The summed E-state index contributed by atoms with van der Waals surface area (Å²) in [7, 11) is 0. The van der Waals surface area contributed by atoms with Crippen LogP contribution in [0.2, 0.25) is 0 Å². The molecule has 0 spiro atoms. The highest BCUT2D eigenvalue weighted by Crippen LogP contribution is 2.29. The van der Waals surface area contributed by atoms with Crippen LogP contribution in [0.25, 0.3) is 10.4 Å². The van der Waals surface area contributed by atoms with Crippen LogP contribution in [-0.2, 0) is 33.3 Å². The van der Waals surface area contributed by atoms with Crippen LogP contribution in [0.15, 0.2) is 29.8 Å². The number of aromatic nitrogens is 1. The minimum absolute atomic E-state index is 0.0194. The van der Waals surface area contributed by atoms with Crippen LogP contribution in [-0.4, -0.2) is 115 Å². The summed E-state index contributed by atoms with van der Waals surface area (Å²) in [5, 5.41) is 18.9. The van der Waals surface area contributed by atoms with Crippen LogP contribution in [0.4, 0.5) is 4.79 Å². The number of nitrogens with one attached hydrogen (secondary N) is 3. The fraction of sp³-hybridized carbons (Fsp3) is 0.639. The zero-order valence-electron chi connectivity index (χ0n) is 31.1. The lowest BCUT2D eigenvalue weighted by atomic mass is 9.85. The Kier molecular flexibility index (Phi) is 15.8. The Labute approximate surface area is 305 Å². The average molecular weight is 734 g/mol. The number of likely N-dealkylation sites (tertiary alicyclic amines) is 1. The molecule has 51 heavy (non-hydrogen) atoms. The lowest BCUT2D eigenvalue weighted by Gasteiger charge is -2.35. The molecule has 0 saturated carbocycles. The summed E-state index contributed by atoms with van der Waals surface area (Å²) in [5.41, 5.74) is 3.46. The molecule has 1 aromatic carbocycles. The zero-order chi connectivity index (χ0) is 37.8. The smallest absolute Gasteiger partial charge is 0.407 e. The SMILES string of the molecule is Cc1ncsc1-c1ccc([C@H](C)NC(=O)[C@@H]2C[C@@H](O)CN2C(=O)[C@@H](NC(=O)COCCOCCOCCNC(=O)OC(C)(C)C)C(C)(C)C)cc1. The number of β-amino-alcohol motifs (C(OH)–C–C–N with tert-alkyl or cyclic N) is 1. The van der Waals surface area contributed by atoms with Crippen LogP contribution in [0.1, 0.15) is 72.2 Å². The lowest BCUT2D eigenvalue weighted by molar-refractivity contribution is -0.144. The molecule has 3 rings (SSSR count). The Morgan fingerprint density at radius 2 is 1.59 bits per heavy atom. The maximum atomic E-state index is 13.9. The van der Waals surface area contributed by atoms with E-state index in [9.17, 15) is 24.3 Å². The summed E-state index contributed by atoms with van der Waals surface area (Å²) in [6.45, 7) is 15.9. The van der Waals surface area contributed by atoms with E-state index in [-0.39, 0.29) is 44.7 Å². The maximum absolute atomic E-state index is 13.9. The van der Waals surface area contributed by atoms with E-state index in [1.54, 1.807) is 32.1 Å². The summed E-state index contributed by atoms with van der Waals surface area (Å²) in [5.74, 6) is -1.32. The van der Waals surface area contributed by atoms with Crippen molar-refractivity contribution in [2.45, 2.75) is 91.6 Å². The van der Waals surface area contributed by atoms with Gasteiger partial charge in [0, 0.05) is 19.5 Å². The summed E-state index contributed by atoms with van der Waals surface area (Å²) < 4.78 is 21.5. The second-order valence-corrected chi connectivity index (χ2v) is 15.4. The quantitative estimate of drug-likeness (QED) is 0.176. The van der Waals surface area contributed by atoms with Gasteiger partial charge in [-0.25, -0.2) is 9.78 Å². The van der Waals surface area contributed by atoms with E-state index in [0.29, 0.717) is 26.4 Å². The number of hydrogen-bond donors (Lipinski definition) is 4. The number of hydrogen-bond acceptors (Lipinski definition) is 11. The Bertz CT molecular complexity index is 1440. The molecule has 1 aromatic heterocycles. The molecule has 0 bridgehead atoms. The van der Waals surface area contributed by atoms with Crippen molar-refractivity contribution in [3.05, 3.63) is 41.0 Å². The minimum Gasteiger partial charge on any atom is -0.444 e. The molecule has 4 amide bonds. The van der Waals surface area contributed by atoms with Crippen molar-refractivity contribution in [1.29, 1.82) is 0 Å². The van der Waals surface area contributed by atoms with Crippen molar-refractivity contribution >= 4 is 35.2 Å². The molecule has 15 heteroatoms. The molecular formula is C36H55N5O9S. The zero-order valence-corrected chi connectivity index (χ0v) is 31.9. The van der Waals surface area contributed by atoms with E-state index in [2.05, 4.69) is 20.9 Å². The number of rotatable bonds is 17. The number of aryl methyl sites for hydroxylation is 1. The first-order valence-corrected chi connectivity index (χ1v) is 18.1. The second-order valence-electron chi connectivity index (χ2n) is 14.6. The molecule has 4 N–H and O–H groups in total. The molecule has 1 aliphatic heterocycles. The van der Waals surface area contributed by atoms with Crippen LogP contribution in [0, 0.1) is 12.3 Å². The van der Waals surface area contributed by atoms with Crippen molar-refractivity contribution in [3.63, 3.8) is 0 Å². The van der Waals surface area contributed by atoms with E-state index in [4.69, 9.17) is 18.9 Å². The van der Waals surface area contributed by atoms with E-state index in [1.807, 2.05) is 64.4 Å². The third-order valence-electron chi connectivity index (χ3n) is 7.95. The first-order chi connectivity index (χ1) is 24.0. The van der Waals surface area contributed by atoms with E-state index >= 15 is 0 Å². The third kappa shape index (κ3) is 13.8. The van der Waals surface area contributed by atoms with Crippen molar-refractivity contribution in [3.8, 4) is 10.4 Å². The molecule has 0 radical (unpaired) electrons. The van der Waals surface area contributed by atoms with Gasteiger partial charge >= 0.3 is 6.09 Å². The van der Waals surface area contributed by atoms with Gasteiger partial charge in [-0.15, -0.1) is 11.3 Å². The van der Waals surface area contributed by atoms with Gasteiger partial charge in [0.15, 0.2) is 0 Å². The van der Waals surface area contributed by atoms with Gasteiger partial charge in [0.05, 0.1) is 61.3 Å². The largest absolute Gasteiger partial charge is 0.444 e. The number of ether oxygens (including phenoxy) is 4. The van der Waals surface area contributed by atoms with Gasteiger partial charge in [0.1, 0.15) is 24.3 Å². The van der Waals surface area contributed by atoms with Gasteiger partial charge in [0.2, 0.25) is 17.7 Å². The van der Waals surface area contributed by atoms with Gasteiger partial charge in [-0.05, 0) is 51.2 Å². The Morgan fingerprint density at radius 3 is 2.18 bits per heavy atom. The molecule has 1 aliphatic rings. The standard InChI is InChI=1S/C36H55N5O9S/c1-23(25-9-11-26(12-10-25)30-24(2)38-22-51-30)39-32(44)28-19-27(42)20-41(28)33(45)31(35(3,4)5)40-29(43)21-49-18-17-48-16-15-47-14-13-37-34(46)50-36(6,7)8/h9-12,22-23,27-28,31,42H,13-21H2,1-8H3,(H,37,46)(H,39,44)(H,40,43)/t23-,27+,28-,31+/m0/s1. The number of carbonyl (C=O) groups excluding carboxylic acids is 4. The number of nitrogens with zero attached hydrogens (tertiary/aromatic N) is 2. The first kappa shape index (κ1) is 41.8. The van der Waals surface area contributed by atoms with Crippen LogP contribution >= 0.6 is 11.3 Å². The summed E-state index contributed by atoms with van der Waals surface area (Å²) in [6, 6.07) is 5.70. The molecule has 1 saturated heterocycles. The first-order valence-electron chi connectivity index (χ1n) is 17.2. The number of thiazole rings is 1. The molecule has 0 unspecified atom stereocenters. The topological polar surface area (TPSA) is 178 Å². The van der Waals surface area contributed by atoms with Crippen molar-refractivity contribution in [2.24, 2.45) is 5.41 Å². The summed E-state index contributed by atoms with van der Waals surface area (Å²) in [6.07, 6.45) is -1.29. The molecule has 2 aromatic rings.